The van der Waals surface area contributed by atoms with E-state index in [2.05, 4.69) is 21.7 Å². The molecule has 5 nitrogen and oxygen atoms in total. The fraction of sp³-hybridized carbons (Fsp3) is 0.421. The number of ether oxygens (including phenoxy) is 1. The van der Waals surface area contributed by atoms with Crippen molar-refractivity contribution < 1.29 is 9.13 Å². The molecule has 0 atom stereocenters. The molecule has 0 bridgehead atoms. The average Bonchev–Trinajstić information content (AvgIpc) is 3.07. The van der Waals surface area contributed by atoms with Gasteiger partial charge in [0.1, 0.15) is 6.61 Å². The Balaban J connectivity index is 1.71. The smallest absolute Gasteiger partial charge is 0.189 e. The van der Waals surface area contributed by atoms with Gasteiger partial charge in [-0.05, 0) is 25.1 Å². The lowest BCUT2D eigenvalue weighted by atomic mass is 10.2. The largest absolute Gasteiger partial charge is 0.496 e. The van der Waals surface area contributed by atoms with E-state index in [9.17, 15) is 0 Å². The highest BCUT2D eigenvalue weighted by Crippen LogP contribution is 2.29. The number of aryl methyl sites for hydroxylation is 1. The molecule has 0 amide bonds. The zero-order chi connectivity index (χ0) is 17.4. The maximum Gasteiger partial charge on any atom is 0.189 e. The Bertz CT molecular complexity index is 847. The third-order valence-corrected chi connectivity index (χ3v) is 5.02. The van der Waals surface area contributed by atoms with E-state index in [0.29, 0.717) is 17.9 Å². The summed E-state index contributed by atoms with van der Waals surface area (Å²) in [5, 5.41) is 0. The molecule has 2 aromatic rings. The first kappa shape index (κ1) is 16.1. The van der Waals surface area contributed by atoms with Gasteiger partial charge in [-0.2, -0.15) is 0 Å². The van der Waals surface area contributed by atoms with Gasteiger partial charge in [-0.25, -0.2) is 9.37 Å². The summed E-state index contributed by atoms with van der Waals surface area (Å²) < 4.78 is 22.4. The van der Waals surface area contributed by atoms with Crippen molar-refractivity contribution in [1.82, 2.24) is 14.3 Å². The summed E-state index contributed by atoms with van der Waals surface area (Å²) in [6.07, 6.45) is 9.29. The van der Waals surface area contributed by atoms with Gasteiger partial charge in [0.15, 0.2) is 11.5 Å². The van der Waals surface area contributed by atoms with Gasteiger partial charge in [0, 0.05) is 44.1 Å². The van der Waals surface area contributed by atoms with E-state index in [1.54, 1.807) is 10.7 Å². The number of imidazole rings is 1. The third kappa shape index (κ3) is 2.91. The first-order chi connectivity index (χ1) is 12.2. The van der Waals surface area contributed by atoms with Crippen molar-refractivity contribution >= 4 is 16.9 Å². The van der Waals surface area contributed by atoms with Gasteiger partial charge >= 0.3 is 0 Å². The highest BCUT2D eigenvalue weighted by atomic mass is 19.1. The van der Waals surface area contributed by atoms with E-state index in [4.69, 9.17) is 4.74 Å². The van der Waals surface area contributed by atoms with Crippen LogP contribution in [0, 0.1) is 12.7 Å². The Kier molecular flexibility index (Phi) is 4.21. The van der Waals surface area contributed by atoms with Crippen LogP contribution in [0.5, 0.6) is 0 Å². The van der Waals surface area contributed by atoms with Gasteiger partial charge in [0.2, 0.25) is 0 Å². The van der Waals surface area contributed by atoms with Crippen LogP contribution in [-0.4, -0.2) is 53.6 Å². The van der Waals surface area contributed by atoms with Crippen LogP contribution in [0.25, 0.3) is 11.2 Å². The lowest BCUT2D eigenvalue weighted by Gasteiger charge is -2.36. The lowest BCUT2D eigenvalue weighted by Crippen LogP contribution is -2.46. The number of nitrogens with zero attached hydrogens (tertiary/aromatic N) is 4. The molecular weight excluding hydrogens is 319 g/mol. The number of anilines is 1. The molecule has 0 aromatic carbocycles. The van der Waals surface area contributed by atoms with Crippen LogP contribution in [0.2, 0.25) is 0 Å². The number of halogens is 1. The van der Waals surface area contributed by atoms with Crippen molar-refractivity contribution in [2.24, 2.45) is 0 Å². The zero-order valence-corrected chi connectivity index (χ0v) is 14.7. The average molecular weight is 342 g/mol. The molecule has 0 spiro atoms. The second-order valence-corrected chi connectivity index (χ2v) is 6.58. The van der Waals surface area contributed by atoms with Gasteiger partial charge in [0.05, 0.1) is 17.6 Å². The van der Waals surface area contributed by atoms with Gasteiger partial charge in [-0.1, -0.05) is 13.0 Å². The fourth-order valence-electron chi connectivity index (χ4n) is 3.59. The molecule has 0 saturated carbocycles. The molecule has 0 N–H and O–H groups in total. The fourth-order valence-corrected chi connectivity index (χ4v) is 3.59. The number of hydrogen-bond donors (Lipinski definition) is 0. The predicted octanol–water partition coefficient (Wildman–Crippen LogP) is 2.85. The van der Waals surface area contributed by atoms with Gasteiger partial charge < -0.3 is 18.9 Å². The molecule has 0 radical (unpaired) electrons. The molecule has 132 valence electrons. The maximum atomic E-state index is 15.3. The summed E-state index contributed by atoms with van der Waals surface area (Å²) in [5.74, 6) is -0.232. The van der Waals surface area contributed by atoms with E-state index >= 15 is 4.39 Å². The predicted molar refractivity (Wildman–Crippen MR) is 97.3 cm³/mol. The Morgan fingerprint density at radius 2 is 2.00 bits per heavy atom. The maximum absolute atomic E-state index is 15.3. The highest BCUT2D eigenvalue weighted by Gasteiger charge is 2.23. The van der Waals surface area contributed by atoms with Crippen LogP contribution in [0.3, 0.4) is 0 Å². The van der Waals surface area contributed by atoms with Crippen molar-refractivity contribution in [3.05, 3.63) is 47.9 Å². The number of fused-ring (bicyclic) bond motifs is 1. The normalized spacial score (nSPS) is 18.5. The molecule has 1 saturated heterocycles. The highest BCUT2D eigenvalue weighted by molar-refractivity contribution is 5.70. The van der Waals surface area contributed by atoms with Crippen molar-refractivity contribution in [3.8, 4) is 0 Å². The minimum Gasteiger partial charge on any atom is -0.496 e. The van der Waals surface area contributed by atoms with Crippen LogP contribution in [0.15, 0.2) is 30.8 Å². The number of aromatic nitrogens is 2. The molecule has 1 fully saturated rings. The summed E-state index contributed by atoms with van der Waals surface area (Å²) in [6, 6.07) is 0. The van der Waals surface area contributed by atoms with Crippen molar-refractivity contribution in [2.75, 3.05) is 44.2 Å². The Morgan fingerprint density at radius 1 is 1.20 bits per heavy atom. The molecule has 25 heavy (non-hydrogen) atoms. The molecule has 2 aromatic heterocycles. The van der Waals surface area contributed by atoms with Crippen molar-refractivity contribution in [2.45, 2.75) is 13.8 Å². The van der Waals surface area contributed by atoms with Crippen LogP contribution in [0.4, 0.5) is 10.1 Å². The molecular formula is C19H23FN4O. The van der Waals surface area contributed by atoms with Crippen LogP contribution in [-0.2, 0) is 4.74 Å². The van der Waals surface area contributed by atoms with E-state index in [1.165, 1.54) is 0 Å². The number of rotatable bonds is 3. The molecule has 4 heterocycles. The van der Waals surface area contributed by atoms with E-state index in [1.807, 2.05) is 31.5 Å². The Labute approximate surface area is 147 Å². The number of pyridine rings is 1. The second-order valence-electron chi connectivity index (χ2n) is 6.58. The van der Waals surface area contributed by atoms with Crippen LogP contribution >= 0.6 is 0 Å². The van der Waals surface area contributed by atoms with E-state index < -0.39 is 0 Å². The Morgan fingerprint density at radius 3 is 2.68 bits per heavy atom. The summed E-state index contributed by atoms with van der Waals surface area (Å²) in [6.45, 7) is 9.27. The lowest BCUT2D eigenvalue weighted by molar-refractivity contribution is 0.270. The molecule has 0 unspecified atom stereocenters. The molecule has 2 aliphatic heterocycles. The number of hydrogen-bond acceptors (Lipinski definition) is 4. The summed E-state index contributed by atoms with van der Waals surface area (Å²) >= 11 is 0. The van der Waals surface area contributed by atoms with Gasteiger partial charge in [0.25, 0.3) is 0 Å². The minimum atomic E-state index is -0.232. The minimum absolute atomic E-state index is 0.232. The summed E-state index contributed by atoms with van der Waals surface area (Å²) in [4.78, 5) is 9.07. The molecule has 0 aliphatic carbocycles. The monoisotopic (exact) mass is 342 g/mol. The van der Waals surface area contributed by atoms with Crippen molar-refractivity contribution in [1.29, 1.82) is 0 Å². The molecule has 4 rings (SSSR count). The van der Waals surface area contributed by atoms with Crippen LogP contribution in [0.1, 0.15) is 18.2 Å². The standard InChI is InChI=1S/C19H23FN4O/c1-3-22-6-8-23(9-7-22)18-14(2)11-24-12-16(21-19(24)17(18)20)15-5-4-10-25-13-15/h4-5,10-12H,3,6-9,13H2,1-2H3. The number of likely N-dealkylation sites (N-methyl/N-ethyl adjacent to an activating group) is 1. The molecule has 2 aliphatic rings. The first-order valence-corrected chi connectivity index (χ1v) is 8.80. The topological polar surface area (TPSA) is 33.0 Å². The van der Waals surface area contributed by atoms with Crippen LogP contribution < -0.4 is 4.90 Å². The summed E-state index contributed by atoms with van der Waals surface area (Å²) in [5.41, 5.74) is 3.72. The van der Waals surface area contributed by atoms with E-state index in [0.717, 1.165) is 49.6 Å². The third-order valence-electron chi connectivity index (χ3n) is 5.02. The zero-order valence-electron chi connectivity index (χ0n) is 14.7. The van der Waals surface area contributed by atoms with Crippen molar-refractivity contribution in [3.63, 3.8) is 0 Å². The first-order valence-electron chi connectivity index (χ1n) is 8.80. The SMILES string of the molecule is CCN1CCN(c2c(C)cn3cc(C4=CC=COC4)nc3c2F)CC1. The summed E-state index contributed by atoms with van der Waals surface area (Å²) in [7, 11) is 0. The van der Waals surface area contributed by atoms with E-state index in [-0.39, 0.29) is 5.82 Å². The second kappa shape index (κ2) is 6.52. The molecule has 6 heteroatoms. The number of allylic oxidation sites excluding steroid dienone is 2. The quantitative estimate of drug-likeness (QED) is 0.859. The van der Waals surface area contributed by atoms with Gasteiger partial charge in [-0.15, -0.1) is 0 Å². The number of piperazine rings is 1. The van der Waals surface area contributed by atoms with Gasteiger partial charge in [-0.3, -0.25) is 0 Å². The Hall–Kier alpha value is -2.34.